The zero-order valence-electron chi connectivity index (χ0n) is 10.4. The van der Waals surface area contributed by atoms with Gasteiger partial charge in [0.05, 0.1) is 6.04 Å². The van der Waals surface area contributed by atoms with E-state index in [1.54, 1.807) is 0 Å². The Bertz CT molecular complexity index is 443. The van der Waals surface area contributed by atoms with Crippen LogP contribution >= 0.6 is 11.8 Å². The van der Waals surface area contributed by atoms with Crippen molar-refractivity contribution < 1.29 is 4.79 Å². The summed E-state index contributed by atoms with van der Waals surface area (Å²) in [6, 6.07) is 8.37. The molecule has 1 aromatic rings. The first-order valence-electron chi connectivity index (χ1n) is 6.51. The highest BCUT2D eigenvalue weighted by atomic mass is 32.2. The van der Waals surface area contributed by atoms with E-state index in [9.17, 15) is 4.79 Å². The minimum Gasteiger partial charge on any atom is -0.340 e. The molecule has 2 aliphatic heterocycles. The molecule has 3 nitrogen and oxygen atoms in total. The van der Waals surface area contributed by atoms with Gasteiger partial charge in [0, 0.05) is 31.1 Å². The van der Waals surface area contributed by atoms with Crippen molar-refractivity contribution in [3.63, 3.8) is 0 Å². The fraction of sp³-hybridized carbons (Fsp3) is 0.500. The third-order valence-electron chi connectivity index (χ3n) is 3.70. The van der Waals surface area contributed by atoms with Gasteiger partial charge in [0.2, 0.25) is 5.91 Å². The Morgan fingerprint density at radius 2 is 1.94 bits per heavy atom. The lowest BCUT2D eigenvalue weighted by Crippen LogP contribution is -2.51. The quantitative estimate of drug-likeness (QED) is 0.827. The fourth-order valence-electron chi connectivity index (χ4n) is 2.63. The third kappa shape index (κ3) is 2.40. The number of nitrogens with one attached hydrogen (secondary N) is 1. The highest BCUT2D eigenvalue weighted by molar-refractivity contribution is 7.99. The molecule has 4 heteroatoms. The molecular weight excluding hydrogens is 244 g/mol. The normalized spacial score (nSPS) is 23.6. The molecule has 18 heavy (non-hydrogen) atoms. The van der Waals surface area contributed by atoms with Crippen molar-refractivity contribution in [1.82, 2.24) is 10.2 Å². The van der Waals surface area contributed by atoms with Crippen molar-refractivity contribution in [2.45, 2.75) is 19.0 Å². The zero-order chi connectivity index (χ0) is 12.4. The molecule has 1 fully saturated rings. The van der Waals surface area contributed by atoms with E-state index in [1.807, 2.05) is 16.7 Å². The molecule has 0 unspecified atom stereocenters. The molecule has 0 radical (unpaired) electrons. The van der Waals surface area contributed by atoms with Gasteiger partial charge in [0.15, 0.2) is 0 Å². The van der Waals surface area contributed by atoms with Gasteiger partial charge in [-0.05, 0) is 17.5 Å². The van der Waals surface area contributed by atoms with Crippen LogP contribution in [-0.2, 0) is 17.8 Å². The van der Waals surface area contributed by atoms with Gasteiger partial charge in [-0.15, -0.1) is 0 Å². The third-order valence-corrected chi connectivity index (χ3v) is 4.64. The van der Waals surface area contributed by atoms with Crippen molar-refractivity contribution in [3.05, 3.63) is 35.4 Å². The Morgan fingerprint density at radius 1 is 1.22 bits per heavy atom. The lowest BCUT2D eigenvalue weighted by molar-refractivity contribution is -0.133. The second kappa shape index (κ2) is 5.33. The van der Waals surface area contributed by atoms with Crippen LogP contribution < -0.4 is 5.32 Å². The number of hydrogen-bond donors (Lipinski definition) is 1. The number of fused-ring (bicyclic) bond motifs is 1. The van der Waals surface area contributed by atoms with E-state index >= 15 is 0 Å². The molecule has 1 aromatic carbocycles. The summed E-state index contributed by atoms with van der Waals surface area (Å²) in [4.78, 5) is 14.4. The largest absolute Gasteiger partial charge is 0.340 e. The summed E-state index contributed by atoms with van der Waals surface area (Å²) < 4.78 is 0. The molecule has 1 amide bonds. The van der Waals surface area contributed by atoms with E-state index in [2.05, 4.69) is 29.6 Å². The van der Waals surface area contributed by atoms with Crippen LogP contribution in [0.4, 0.5) is 0 Å². The fourth-order valence-corrected chi connectivity index (χ4v) is 3.54. The van der Waals surface area contributed by atoms with Gasteiger partial charge in [-0.2, -0.15) is 11.8 Å². The Labute approximate surface area is 112 Å². The molecule has 1 atom stereocenters. The van der Waals surface area contributed by atoms with Crippen LogP contribution in [0.2, 0.25) is 0 Å². The number of carbonyl (C=O) groups excluding carboxylic acids is 1. The summed E-state index contributed by atoms with van der Waals surface area (Å²) in [5, 5.41) is 3.37. The minimum absolute atomic E-state index is 0.0250. The Morgan fingerprint density at radius 3 is 2.72 bits per heavy atom. The van der Waals surface area contributed by atoms with Crippen LogP contribution in [0.5, 0.6) is 0 Å². The molecule has 1 N–H and O–H groups in total. The smallest absolute Gasteiger partial charge is 0.240 e. The van der Waals surface area contributed by atoms with E-state index < -0.39 is 0 Å². The Kier molecular flexibility index (Phi) is 3.57. The molecule has 0 spiro atoms. The number of amides is 1. The summed E-state index contributed by atoms with van der Waals surface area (Å²) in [7, 11) is 0. The first-order valence-corrected chi connectivity index (χ1v) is 7.67. The number of carbonyl (C=O) groups is 1. The van der Waals surface area contributed by atoms with Crippen molar-refractivity contribution in [3.8, 4) is 0 Å². The molecule has 96 valence electrons. The number of nitrogens with zero attached hydrogens (tertiary/aromatic N) is 1. The summed E-state index contributed by atoms with van der Waals surface area (Å²) in [6.07, 6.45) is 0.832. The summed E-state index contributed by atoms with van der Waals surface area (Å²) in [5.74, 6) is 2.44. The molecule has 1 saturated heterocycles. The van der Waals surface area contributed by atoms with Crippen LogP contribution in [0.25, 0.3) is 0 Å². The topological polar surface area (TPSA) is 32.3 Å². The number of benzene rings is 1. The predicted octanol–water partition coefficient (Wildman–Crippen LogP) is 1.28. The van der Waals surface area contributed by atoms with Crippen molar-refractivity contribution in [2.24, 2.45) is 0 Å². The molecular formula is C14H18N2OS. The lowest BCUT2D eigenvalue weighted by atomic mass is 9.95. The van der Waals surface area contributed by atoms with E-state index in [0.717, 1.165) is 37.6 Å². The second-order valence-corrected chi connectivity index (χ2v) is 6.07. The number of rotatable bonds is 1. The monoisotopic (exact) mass is 262 g/mol. The van der Waals surface area contributed by atoms with E-state index in [4.69, 9.17) is 0 Å². The average molecular weight is 262 g/mol. The highest BCUT2D eigenvalue weighted by Crippen LogP contribution is 2.18. The molecule has 0 saturated carbocycles. The van der Waals surface area contributed by atoms with E-state index in [0.29, 0.717) is 0 Å². The van der Waals surface area contributed by atoms with Crippen molar-refractivity contribution in [1.29, 1.82) is 0 Å². The minimum atomic E-state index is -0.0250. The first-order chi connectivity index (χ1) is 8.84. The first kappa shape index (κ1) is 12.1. The number of thioether (sulfide) groups is 1. The Hall–Kier alpha value is -1.00. The van der Waals surface area contributed by atoms with Gasteiger partial charge in [-0.3, -0.25) is 4.79 Å². The maximum Gasteiger partial charge on any atom is 0.240 e. The maximum atomic E-state index is 12.4. The van der Waals surface area contributed by atoms with E-state index in [-0.39, 0.29) is 11.9 Å². The number of hydrogen-bond acceptors (Lipinski definition) is 3. The van der Waals surface area contributed by atoms with Crippen LogP contribution in [0.3, 0.4) is 0 Å². The predicted molar refractivity (Wildman–Crippen MR) is 74.7 cm³/mol. The maximum absolute atomic E-state index is 12.4. The molecule has 0 aromatic heterocycles. The SMILES string of the molecule is O=C([C@H]1Cc2ccccc2CN1)N1CCSCC1. The zero-order valence-corrected chi connectivity index (χ0v) is 11.2. The molecule has 0 aliphatic carbocycles. The van der Waals surface area contributed by atoms with Crippen molar-refractivity contribution >= 4 is 17.7 Å². The summed E-state index contributed by atoms with van der Waals surface area (Å²) in [5.41, 5.74) is 2.65. The van der Waals surface area contributed by atoms with E-state index in [1.165, 1.54) is 11.1 Å². The standard InChI is InChI=1S/C14H18N2OS/c17-14(16-5-7-18-8-6-16)13-9-11-3-1-2-4-12(11)10-15-13/h1-4,13,15H,5-10H2/t13-/m1/s1. The van der Waals surface area contributed by atoms with Crippen molar-refractivity contribution in [2.75, 3.05) is 24.6 Å². The molecule has 3 rings (SSSR count). The van der Waals surface area contributed by atoms with Gasteiger partial charge in [-0.25, -0.2) is 0 Å². The van der Waals surface area contributed by atoms with Crippen LogP contribution in [0, 0.1) is 0 Å². The Balaban J connectivity index is 1.69. The average Bonchev–Trinajstić information content (AvgIpc) is 2.47. The van der Waals surface area contributed by atoms with Crippen LogP contribution in [-0.4, -0.2) is 41.4 Å². The molecule has 2 aliphatic rings. The molecule has 2 heterocycles. The van der Waals surface area contributed by atoms with Crippen LogP contribution in [0.1, 0.15) is 11.1 Å². The van der Waals surface area contributed by atoms with Gasteiger partial charge < -0.3 is 10.2 Å². The lowest BCUT2D eigenvalue weighted by Gasteiger charge is -2.33. The van der Waals surface area contributed by atoms with Gasteiger partial charge in [0.25, 0.3) is 0 Å². The second-order valence-electron chi connectivity index (χ2n) is 4.84. The highest BCUT2D eigenvalue weighted by Gasteiger charge is 2.28. The van der Waals surface area contributed by atoms with Gasteiger partial charge in [0.1, 0.15) is 0 Å². The summed E-state index contributed by atoms with van der Waals surface area (Å²) in [6.45, 7) is 2.63. The van der Waals surface area contributed by atoms with Crippen LogP contribution in [0.15, 0.2) is 24.3 Å². The summed E-state index contributed by atoms with van der Waals surface area (Å²) >= 11 is 1.94. The molecule has 0 bridgehead atoms. The van der Waals surface area contributed by atoms with Gasteiger partial charge >= 0.3 is 0 Å². The van der Waals surface area contributed by atoms with Gasteiger partial charge in [-0.1, -0.05) is 24.3 Å².